The summed E-state index contributed by atoms with van der Waals surface area (Å²) in [4.78, 5) is 14.0. The summed E-state index contributed by atoms with van der Waals surface area (Å²) >= 11 is 0. The second kappa shape index (κ2) is 5.29. The van der Waals surface area contributed by atoms with E-state index >= 15 is 0 Å². The normalized spacial score (nSPS) is 22.3. The Morgan fingerprint density at radius 1 is 1.47 bits per heavy atom. The number of carbonyl (C=O) groups excluding carboxylic acids is 1. The lowest BCUT2D eigenvalue weighted by atomic mass is 9.79. The van der Waals surface area contributed by atoms with E-state index < -0.39 is 0 Å². The molecule has 104 valence electrons. The molecule has 0 radical (unpaired) electrons. The molecule has 0 spiro atoms. The zero-order valence-electron chi connectivity index (χ0n) is 11.5. The van der Waals surface area contributed by atoms with Gasteiger partial charge in [0.05, 0.1) is 6.42 Å². The Morgan fingerprint density at radius 2 is 2.16 bits per heavy atom. The van der Waals surface area contributed by atoms with E-state index in [9.17, 15) is 9.18 Å². The van der Waals surface area contributed by atoms with Crippen LogP contribution in [0.3, 0.4) is 0 Å². The average Bonchev–Trinajstić information content (AvgIpc) is 2.35. The van der Waals surface area contributed by atoms with Crippen LogP contribution in [0.15, 0.2) is 24.3 Å². The Morgan fingerprint density at radius 3 is 2.79 bits per heavy atom. The number of amides is 1. The summed E-state index contributed by atoms with van der Waals surface area (Å²) in [6.07, 6.45) is 0.925. The van der Waals surface area contributed by atoms with Crippen LogP contribution in [-0.4, -0.2) is 29.9 Å². The maximum Gasteiger partial charge on any atom is 0.227 e. The summed E-state index contributed by atoms with van der Waals surface area (Å²) in [6, 6.07) is 6.55. The van der Waals surface area contributed by atoms with Crippen molar-refractivity contribution in [3.8, 4) is 0 Å². The van der Waals surface area contributed by atoms with E-state index in [1.54, 1.807) is 23.1 Å². The van der Waals surface area contributed by atoms with Crippen LogP contribution in [-0.2, 0) is 11.2 Å². The number of halogens is 1. The lowest BCUT2D eigenvalue weighted by Crippen LogP contribution is -2.54. The molecular formula is C15H21FN2O. The van der Waals surface area contributed by atoms with Gasteiger partial charge in [-0.15, -0.1) is 0 Å². The van der Waals surface area contributed by atoms with E-state index in [1.165, 1.54) is 6.07 Å². The van der Waals surface area contributed by atoms with Crippen LogP contribution in [0.25, 0.3) is 0 Å². The number of carbonyl (C=O) groups is 1. The molecule has 1 aliphatic heterocycles. The molecule has 1 amide bonds. The molecule has 19 heavy (non-hydrogen) atoms. The second-order valence-electron chi connectivity index (χ2n) is 5.97. The molecule has 1 aromatic carbocycles. The minimum absolute atomic E-state index is 0.0231. The minimum atomic E-state index is -0.316. The second-order valence-corrected chi connectivity index (χ2v) is 5.97. The van der Waals surface area contributed by atoms with Crippen LogP contribution >= 0.6 is 0 Å². The smallest absolute Gasteiger partial charge is 0.227 e. The lowest BCUT2D eigenvalue weighted by molar-refractivity contribution is -0.133. The standard InChI is InChI=1S/C15H21FN2O/c1-15(2)10-18(8-7-13(15)17)14(19)9-11-5-3-4-6-12(11)16/h3-6,13H,7-10,17H2,1-2H3. The van der Waals surface area contributed by atoms with Gasteiger partial charge in [0.15, 0.2) is 0 Å². The number of likely N-dealkylation sites (tertiary alicyclic amines) is 1. The molecule has 1 atom stereocenters. The summed E-state index contributed by atoms with van der Waals surface area (Å²) < 4.78 is 13.5. The maximum atomic E-state index is 13.5. The average molecular weight is 264 g/mol. The molecule has 1 heterocycles. The monoisotopic (exact) mass is 264 g/mol. The Balaban J connectivity index is 2.03. The van der Waals surface area contributed by atoms with Crippen LogP contribution < -0.4 is 5.73 Å². The number of nitrogens with zero attached hydrogens (tertiary/aromatic N) is 1. The van der Waals surface area contributed by atoms with Gasteiger partial charge in [-0.05, 0) is 23.5 Å². The highest BCUT2D eigenvalue weighted by Crippen LogP contribution is 2.28. The van der Waals surface area contributed by atoms with Crippen LogP contribution in [0.4, 0.5) is 4.39 Å². The molecule has 0 aliphatic carbocycles. The first kappa shape index (κ1) is 14.0. The van der Waals surface area contributed by atoms with Gasteiger partial charge in [0, 0.05) is 19.1 Å². The van der Waals surface area contributed by atoms with E-state index in [0.29, 0.717) is 18.7 Å². The molecule has 0 bridgehead atoms. The number of hydrogen-bond donors (Lipinski definition) is 1. The van der Waals surface area contributed by atoms with Gasteiger partial charge in [0.25, 0.3) is 0 Å². The van der Waals surface area contributed by atoms with Crippen molar-refractivity contribution in [2.45, 2.75) is 32.7 Å². The molecule has 0 aromatic heterocycles. The van der Waals surface area contributed by atoms with E-state index in [1.807, 2.05) is 0 Å². The zero-order valence-corrected chi connectivity index (χ0v) is 11.5. The Hall–Kier alpha value is -1.42. The fraction of sp³-hybridized carbons (Fsp3) is 0.533. The fourth-order valence-corrected chi connectivity index (χ4v) is 2.50. The largest absolute Gasteiger partial charge is 0.342 e. The number of piperidine rings is 1. The third kappa shape index (κ3) is 3.13. The van der Waals surface area contributed by atoms with Crippen molar-refractivity contribution in [3.63, 3.8) is 0 Å². The van der Waals surface area contributed by atoms with Crippen molar-refractivity contribution in [1.82, 2.24) is 4.90 Å². The van der Waals surface area contributed by atoms with Crippen LogP contribution in [0.1, 0.15) is 25.8 Å². The van der Waals surface area contributed by atoms with Gasteiger partial charge in [-0.25, -0.2) is 4.39 Å². The van der Waals surface area contributed by atoms with Crippen molar-refractivity contribution in [2.24, 2.45) is 11.1 Å². The fourth-order valence-electron chi connectivity index (χ4n) is 2.50. The zero-order chi connectivity index (χ0) is 14.0. The summed E-state index contributed by atoms with van der Waals surface area (Å²) in [5.41, 5.74) is 6.43. The molecule has 1 aliphatic rings. The molecule has 2 N–H and O–H groups in total. The molecule has 3 nitrogen and oxygen atoms in total. The molecular weight excluding hydrogens is 243 g/mol. The molecule has 2 rings (SSSR count). The third-order valence-corrected chi connectivity index (χ3v) is 3.96. The van der Waals surface area contributed by atoms with Gasteiger partial charge in [-0.2, -0.15) is 0 Å². The highest BCUT2D eigenvalue weighted by molar-refractivity contribution is 5.79. The Bertz CT molecular complexity index is 473. The highest BCUT2D eigenvalue weighted by atomic mass is 19.1. The lowest BCUT2D eigenvalue weighted by Gasteiger charge is -2.42. The first-order chi connectivity index (χ1) is 8.90. The molecule has 4 heteroatoms. The molecule has 1 fully saturated rings. The number of benzene rings is 1. The Labute approximate surface area is 113 Å². The predicted molar refractivity (Wildman–Crippen MR) is 73.1 cm³/mol. The number of rotatable bonds is 2. The first-order valence-corrected chi connectivity index (χ1v) is 6.67. The van der Waals surface area contributed by atoms with E-state index in [-0.39, 0.29) is 29.6 Å². The van der Waals surface area contributed by atoms with Gasteiger partial charge in [0.2, 0.25) is 5.91 Å². The van der Waals surface area contributed by atoms with E-state index in [4.69, 9.17) is 5.73 Å². The molecule has 0 saturated carbocycles. The molecule has 1 aromatic rings. The van der Waals surface area contributed by atoms with Crippen molar-refractivity contribution in [1.29, 1.82) is 0 Å². The van der Waals surface area contributed by atoms with Crippen molar-refractivity contribution in [2.75, 3.05) is 13.1 Å². The molecule has 1 unspecified atom stereocenters. The quantitative estimate of drug-likeness (QED) is 0.887. The third-order valence-electron chi connectivity index (χ3n) is 3.96. The topological polar surface area (TPSA) is 46.3 Å². The summed E-state index contributed by atoms with van der Waals surface area (Å²) in [6.45, 7) is 5.44. The van der Waals surface area contributed by atoms with Gasteiger partial charge in [-0.1, -0.05) is 32.0 Å². The number of nitrogens with two attached hydrogens (primary N) is 1. The van der Waals surface area contributed by atoms with E-state index in [0.717, 1.165) is 6.42 Å². The first-order valence-electron chi connectivity index (χ1n) is 6.67. The Kier molecular flexibility index (Phi) is 3.90. The van der Waals surface area contributed by atoms with Gasteiger partial charge in [0.1, 0.15) is 5.82 Å². The predicted octanol–water partition coefficient (Wildman–Crippen LogP) is 1.95. The van der Waals surface area contributed by atoms with E-state index in [2.05, 4.69) is 13.8 Å². The van der Waals surface area contributed by atoms with Gasteiger partial charge < -0.3 is 10.6 Å². The van der Waals surface area contributed by atoms with Crippen molar-refractivity contribution >= 4 is 5.91 Å². The van der Waals surface area contributed by atoms with Crippen LogP contribution in [0.5, 0.6) is 0 Å². The van der Waals surface area contributed by atoms with Gasteiger partial charge in [-0.3, -0.25) is 4.79 Å². The molecule has 1 saturated heterocycles. The maximum absolute atomic E-state index is 13.5. The van der Waals surface area contributed by atoms with Crippen LogP contribution in [0, 0.1) is 11.2 Å². The SMILES string of the molecule is CC1(C)CN(C(=O)Cc2ccccc2F)CCC1N. The van der Waals surface area contributed by atoms with Crippen molar-refractivity contribution < 1.29 is 9.18 Å². The number of hydrogen-bond acceptors (Lipinski definition) is 2. The van der Waals surface area contributed by atoms with Crippen molar-refractivity contribution in [3.05, 3.63) is 35.6 Å². The van der Waals surface area contributed by atoms with Crippen LogP contribution in [0.2, 0.25) is 0 Å². The minimum Gasteiger partial charge on any atom is -0.342 e. The summed E-state index contributed by atoms with van der Waals surface area (Å²) in [7, 11) is 0. The summed E-state index contributed by atoms with van der Waals surface area (Å²) in [5, 5.41) is 0. The van der Waals surface area contributed by atoms with Gasteiger partial charge >= 0.3 is 0 Å². The summed E-state index contributed by atoms with van der Waals surface area (Å²) in [5.74, 6) is -0.339. The highest BCUT2D eigenvalue weighted by Gasteiger charge is 2.35.